The van der Waals surface area contributed by atoms with E-state index in [1.807, 2.05) is 33.8 Å². The van der Waals surface area contributed by atoms with Crippen LogP contribution >= 0.6 is 0 Å². The fourth-order valence-corrected chi connectivity index (χ4v) is 4.66. The molecule has 3 heterocycles. The van der Waals surface area contributed by atoms with Gasteiger partial charge < -0.3 is 14.5 Å². The molecule has 7 nitrogen and oxygen atoms in total. The Bertz CT molecular complexity index is 1350. The number of hydrogen-bond acceptors (Lipinski definition) is 5. The van der Waals surface area contributed by atoms with E-state index in [0.29, 0.717) is 18.7 Å². The maximum atomic E-state index is 13.8. The van der Waals surface area contributed by atoms with Gasteiger partial charge in [0.15, 0.2) is 5.65 Å². The van der Waals surface area contributed by atoms with Gasteiger partial charge in [-0.1, -0.05) is 42.0 Å². The normalized spacial score (nSPS) is 14.1. The number of nitrogens with zero attached hydrogens (tertiary/aromatic N) is 5. The Labute approximate surface area is 205 Å². The second kappa shape index (κ2) is 9.41. The number of para-hydroxylation sites is 2. The lowest BCUT2D eigenvalue weighted by Gasteiger charge is -2.36. The average Bonchev–Trinajstić information content (AvgIpc) is 3.33. The summed E-state index contributed by atoms with van der Waals surface area (Å²) < 4.78 is 7.43. The monoisotopic (exact) mass is 469 g/mol. The minimum Gasteiger partial charge on any atom is -0.495 e. The van der Waals surface area contributed by atoms with Crippen molar-refractivity contribution in [3.8, 4) is 17.0 Å². The van der Waals surface area contributed by atoms with E-state index in [2.05, 4.69) is 61.1 Å². The van der Waals surface area contributed by atoms with Gasteiger partial charge in [0, 0.05) is 37.8 Å². The number of pyridine rings is 1. The highest BCUT2D eigenvalue weighted by Crippen LogP contribution is 2.30. The number of methoxy groups -OCH3 is 1. The van der Waals surface area contributed by atoms with E-state index in [9.17, 15) is 4.79 Å². The van der Waals surface area contributed by atoms with E-state index in [1.54, 1.807) is 13.3 Å². The van der Waals surface area contributed by atoms with Crippen LogP contribution in [0, 0.1) is 6.92 Å². The molecule has 0 unspecified atom stereocenters. The molecule has 0 atom stereocenters. The van der Waals surface area contributed by atoms with Crippen molar-refractivity contribution in [2.75, 3.05) is 38.2 Å². The number of piperazine rings is 1. The maximum absolute atomic E-state index is 13.8. The molecule has 1 aliphatic heterocycles. The van der Waals surface area contributed by atoms with Crippen LogP contribution in [0.2, 0.25) is 0 Å². The third-order valence-corrected chi connectivity index (χ3v) is 6.63. The van der Waals surface area contributed by atoms with E-state index in [0.717, 1.165) is 46.8 Å². The molecule has 1 aliphatic rings. The number of amides is 1. The summed E-state index contributed by atoms with van der Waals surface area (Å²) in [7, 11) is 1.69. The topological polar surface area (TPSA) is 63.5 Å². The van der Waals surface area contributed by atoms with Crippen molar-refractivity contribution < 1.29 is 9.53 Å². The van der Waals surface area contributed by atoms with Gasteiger partial charge in [-0.2, -0.15) is 5.10 Å². The first-order chi connectivity index (χ1) is 17.0. The van der Waals surface area contributed by atoms with Crippen molar-refractivity contribution in [3.63, 3.8) is 0 Å². The molecule has 2 aromatic carbocycles. The van der Waals surface area contributed by atoms with E-state index < -0.39 is 0 Å². The molecule has 180 valence electrons. The Morgan fingerprint density at radius 1 is 1.00 bits per heavy atom. The van der Waals surface area contributed by atoms with Crippen molar-refractivity contribution >= 4 is 22.6 Å². The number of aromatic nitrogens is 3. The lowest BCUT2D eigenvalue weighted by molar-refractivity contribution is 0.0748. The lowest BCUT2D eigenvalue weighted by atomic mass is 10.0. The van der Waals surface area contributed by atoms with Crippen LogP contribution in [0.3, 0.4) is 0 Å². The van der Waals surface area contributed by atoms with E-state index >= 15 is 0 Å². The molecule has 4 aromatic rings. The zero-order chi connectivity index (χ0) is 24.5. The van der Waals surface area contributed by atoms with Crippen molar-refractivity contribution in [1.29, 1.82) is 0 Å². The van der Waals surface area contributed by atoms with Gasteiger partial charge in [0.05, 0.1) is 35.6 Å². The summed E-state index contributed by atoms with van der Waals surface area (Å²) in [6.07, 6.45) is 1.78. The van der Waals surface area contributed by atoms with Crippen LogP contribution < -0.4 is 9.64 Å². The Hall–Kier alpha value is -3.87. The van der Waals surface area contributed by atoms with Gasteiger partial charge >= 0.3 is 0 Å². The average molecular weight is 470 g/mol. The first kappa shape index (κ1) is 22.9. The highest BCUT2D eigenvalue weighted by molar-refractivity contribution is 6.06. The highest BCUT2D eigenvalue weighted by Gasteiger charge is 2.26. The maximum Gasteiger partial charge on any atom is 0.254 e. The molecule has 0 radical (unpaired) electrons. The fraction of sp³-hybridized carbons (Fsp3) is 0.321. The van der Waals surface area contributed by atoms with Gasteiger partial charge in [-0.05, 0) is 39.0 Å². The number of carbonyl (C=O) groups excluding carboxylic acids is 1. The summed E-state index contributed by atoms with van der Waals surface area (Å²) in [5, 5.41) is 5.36. The van der Waals surface area contributed by atoms with Crippen LogP contribution in [-0.4, -0.2) is 58.9 Å². The molecule has 0 bridgehead atoms. The second-order valence-electron chi connectivity index (χ2n) is 9.29. The minimum absolute atomic E-state index is 0.0220. The van der Waals surface area contributed by atoms with Gasteiger partial charge in [0.1, 0.15) is 5.75 Å². The molecule has 1 fully saturated rings. The standard InChI is InChI=1S/C28H31N5O2/c1-19(2)33-27-23(18-29-33)22(17-24(30-27)21-11-9-20(3)10-12-21)28(34)32-15-13-31(14-16-32)25-7-5-6-8-26(25)35-4/h5-12,17-19H,13-16H2,1-4H3. The molecule has 35 heavy (non-hydrogen) atoms. The predicted molar refractivity (Wildman–Crippen MR) is 139 cm³/mol. The Balaban J connectivity index is 1.47. The third-order valence-electron chi connectivity index (χ3n) is 6.63. The number of fused-ring (bicyclic) bond motifs is 1. The van der Waals surface area contributed by atoms with Gasteiger partial charge in [-0.25, -0.2) is 9.67 Å². The number of aryl methyl sites for hydroxylation is 1. The molecular weight excluding hydrogens is 438 g/mol. The van der Waals surface area contributed by atoms with Crippen LogP contribution in [-0.2, 0) is 0 Å². The van der Waals surface area contributed by atoms with Crippen molar-refractivity contribution in [3.05, 3.63) is 71.9 Å². The zero-order valence-corrected chi connectivity index (χ0v) is 20.7. The summed E-state index contributed by atoms with van der Waals surface area (Å²) in [6.45, 7) is 8.98. The number of rotatable bonds is 5. The number of anilines is 1. The highest BCUT2D eigenvalue weighted by atomic mass is 16.5. The summed E-state index contributed by atoms with van der Waals surface area (Å²) in [4.78, 5) is 23.0. The summed E-state index contributed by atoms with van der Waals surface area (Å²) in [6, 6.07) is 18.3. The summed E-state index contributed by atoms with van der Waals surface area (Å²) in [5.41, 5.74) is 5.43. The molecule has 0 aliphatic carbocycles. The first-order valence-corrected chi connectivity index (χ1v) is 12.1. The summed E-state index contributed by atoms with van der Waals surface area (Å²) >= 11 is 0. The van der Waals surface area contributed by atoms with Crippen molar-refractivity contribution in [2.45, 2.75) is 26.8 Å². The molecule has 1 saturated heterocycles. The molecule has 0 spiro atoms. The lowest BCUT2D eigenvalue weighted by Crippen LogP contribution is -2.49. The molecular formula is C28H31N5O2. The quantitative estimate of drug-likeness (QED) is 0.413. The molecule has 2 aromatic heterocycles. The van der Waals surface area contributed by atoms with Crippen LogP contribution in [0.5, 0.6) is 5.75 Å². The van der Waals surface area contributed by atoms with Crippen molar-refractivity contribution in [2.24, 2.45) is 0 Å². The van der Waals surface area contributed by atoms with E-state index in [4.69, 9.17) is 9.72 Å². The minimum atomic E-state index is 0.0220. The van der Waals surface area contributed by atoms with Crippen LogP contribution in [0.4, 0.5) is 5.69 Å². The number of carbonyl (C=O) groups is 1. The van der Waals surface area contributed by atoms with Gasteiger partial charge in [0.2, 0.25) is 0 Å². The van der Waals surface area contributed by atoms with Gasteiger partial charge in [0.25, 0.3) is 5.91 Å². The fourth-order valence-electron chi connectivity index (χ4n) is 4.66. The zero-order valence-electron chi connectivity index (χ0n) is 20.7. The van der Waals surface area contributed by atoms with Crippen LogP contribution in [0.15, 0.2) is 60.8 Å². The second-order valence-corrected chi connectivity index (χ2v) is 9.29. The number of benzene rings is 2. The van der Waals surface area contributed by atoms with Crippen LogP contribution in [0.25, 0.3) is 22.3 Å². The molecule has 0 saturated carbocycles. The van der Waals surface area contributed by atoms with Gasteiger partial charge in [-0.3, -0.25) is 4.79 Å². The smallest absolute Gasteiger partial charge is 0.254 e. The van der Waals surface area contributed by atoms with E-state index in [1.165, 1.54) is 5.56 Å². The Morgan fingerprint density at radius 3 is 2.40 bits per heavy atom. The van der Waals surface area contributed by atoms with E-state index in [-0.39, 0.29) is 11.9 Å². The Morgan fingerprint density at radius 2 is 1.71 bits per heavy atom. The first-order valence-electron chi connectivity index (χ1n) is 12.1. The van der Waals surface area contributed by atoms with Gasteiger partial charge in [-0.15, -0.1) is 0 Å². The van der Waals surface area contributed by atoms with Crippen LogP contribution in [0.1, 0.15) is 35.8 Å². The third kappa shape index (κ3) is 4.34. The Kier molecular flexibility index (Phi) is 6.16. The molecule has 5 rings (SSSR count). The largest absolute Gasteiger partial charge is 0.495 e. The number of hydrogen-bond donors (Lipinski definition) is 0. The summed E-state index contributed by atoms with van der Waals surface area (Å²) in [5.74, 6) is 0.876. The predicted octanol–water partition coefficient (Wildman–Crippen LogP) is 4.96. The molecule has 1 amide bonds. The number of ether oxygens (including phenoxy) is 1. The molecule has 7 heteroatoms. The van der Waals surface area contributed by atoms with Crippen molar-refractivity contribution in [1.82, 2.24) is 19.7 Å². The molecule has 0 N–H and O–H groups in total. The SMILES string of the molecule is COc1ccccc1N1CCN(C(=O)c2cc(-c3ccc(C)cc3)nc3c2cnn3C(C)C)CC1.